The van der Waals surface area contributed by atoms with E-state index in [0.29, 0.717) is 18.7 Å². The largest absolute Gasteiger partial charge is 0.503 e. The van der Waals surface area contributed by atoms with Crippen molar-refractivity contribution in [3.63, 3.8) is 0 Å². The summed E-state index contributed by atoms with van der Waals surface area (Å²) < 4.78 is 59.0. The summed E-state index contributed by atoms with van der Waals surface area (Å²) in [5.41, 5.74) is -0.0497. The molecular weight excluding hydrogens is 647 g/mol. The van der Waals surface area contributed by atoms with Crippen molar-refractivity contribution in [2.45, 2.75) is 37.3 Å². The Morgan fingerprint density at radius 2 is 1.73 bits per heavy atom. The third kappa shape index (κ3) is 6.49. The average Bonchev–Trinajstić information content (AvgIpc) is 3.37. The Balaban J connectivity index is 1.25. The summed E-state index contributed by atoms with van der Waals surface area (Å²) in [6, 6.07) is 12.5. The zero-order chi connectivity index (χ0) is 33.9. The van der Waals surface area contributed by atoms with E-state index in [-0.39, 0.29) is 88.0 Å². The maximum atomic E-state index is 14.3. The van der Waals surface area contributed by atoms with Crippen molar-refractivity contribution in [1.29, 1.82) is 0 Å². The number of carbonyl (C=O) groups excluding carboxylic acids is 3. The van der Waals surface area contributed by atoms with Crippen LogP contribution in [0.15, 0.2) is 76.7 Å². The SMILES string of the molecule is O=C(NCc1ccc(F)cc1S(=O)(=O)N1CCOCC1)C1=C(O)C(=O)N2CCCOC=C2C12CCN(C(=O)OCc1ccccc1)CC2. The van der Waals surface area contributed by atoms with Crippen LogP contribution in [0, 0.1) is 11.2 Å². The molecule has 1 spiro atoms. The molecule has 15 heteroatoms. The monoisotopic (exact) mass is 684 g/mol. The minimum absolute atomic E-state index is 0.0869. The minimum atomic E-state index is -4.13. The van der Waals surface area contributed by atoms with Gasteiger partial charge in [0.25, 0.3) is 11.8 Å². The van der Waals surface area contributed by atoms with Crippen LogP contribution >= 0.6 is 0 Å². The summed E-state index contributed by atoms with van der Waals surface area (Å²) in [5.74, 6) is -3.05. The van der Waals surface area contributed by atoms with Gasteiger partial charge in [-0.25, -0.2) is 17.6 Å². The molecule has 6 rings (SSSR count). The number of allylic oxidation sites excluding steroid dienone is 1. The minimum Gasteiger partial charge on any atom is -0.503 e. The van der Waals surface area contributed by atoms with Crippen LogP contribution in [-0.2, 0) is 47.0 Å². The van der Waals surface area contributed by atoms with E-state index in [1.807, 2.05) is 30.3 Å². The first-order valence-corrected chi connectivity index (χ1v) is 17.2. The molecule has 0 radical (unpaired) electrons. The quantitative estimate of drug-likeness (QED) is 0.448. The Labute approximate surface area is 277 Å². The Hall–Kier alpha value is -4.47. The lowest BCUT2D eigenvalue weighted by Crippen LogP contribution is -2.54. The topological polar surface area (TPSA) is 155 Å². The number of halogens is 1. The third-order valence-electron chi connectivity index (χ3n) is 9.15. The fourth-order valence-corrected chi connectivity index (χ4v) is 8.26. The molecular formula is C33H37FN4O9S. The molecule has 13 nitrogen and oxygen atoms in total. The molecule has 3 amide bonds. The van der Waals surface area contributed by atoms with Gasteiger partial charge in [0.1, 0.15) is 18.7 Å². The van der Waals surface area contributed by atoms with E-state index in [1.54, 1.807) is 0 Å². The van der Waals surface area contributed by atoms with Crippen LogP contribution in [0.2, 0.25) is 0 Å². The van der Waals surface area contributed by atoms with Crippen LogP contribution in [0.4, 0.5) is 9.18 Å². The van der Waals surface area contributed by atoms with E-state index in [2.05, 4.69) is 5.32 Å². The number of fused-ring (bicyclic) bond motifs is 2. The second-order valence-electron chi connectivity index (χ2n) is 12.0. The zero-order valence-electron chi connectivity index (χ0n) is 26.2. The van der Waals surface area contributed by atoms with E-state index >= 15 is 0 Å². The normalized spacial score (nSPS) is 20.0. The summed E-state index contributed by atoms with van der Waals surface area (Å²) in [6.07, 6.45) is 1.73. The van der Waals surface area contributed by atoms with Crippen LogP contribution in [-0.4, -0.2) is 98.1 Å². The number of rotatable bonds is 7. The molecule has 0 aliphatic carbocycles. The number of amides is 3. The summed E-state index contributed by atoms with van der Waals surface area (Å²) >= 11 is 0. The molecule has 2 fully saturated rings. The molecule has 4 aliphatic heterocycles. The van der Waals surface area contributed by atoms with Crippen LogP contribution < -0.4 is 5.32 Å². The third-order valence-corrected chi connectivity index (χ3v) is 11.1. The summed E-state index contributed by atoms with van der Waals surface area (Å²) in [4.78, 5) is 43.1. The van der Waals surface area contributed by atoms with Crippen molar-refractivity contribution in [2.24, 2.45) is 5.41 Å². The maximum Gasteiger partial charge on any atom is 0.410 e. The summed E-state index contributed by atoms with van der Waals surface area (Å²) in [5, 5.41) is 14.0. The predicted molar refractivity (Wildman–Crippen MR) is 168 cm³/mol. The van der Waals surface area contributed by atoms with E-state index in [1.165, 1.54) is 26.4 Å². The molecule has 256 valence electrons. The van der Waals surface area contributed by atoms with Gasteiger partial charge in [-0.15, -0.1) is 0 Å². The Morgan fingerprint density at radius 1 is 1.00 bits per heavy atom. The van der Waals surface area contributed by atoms with Crippen LogP contribution in [0.3, 0.4) is 0 Å². The molecule has 2 aromatic rings. The number of morpholine rings is 1. The van der Waals surface area contributed by atoms with Gasteiger partial charge in [-0.2, -0.15) is 4.31 Å². The van der Waals surface area contributed by atoms with Gasteiger partial charge in [0.2, 0.25) is 10.0 Å². The van der Waals surface area contributed by atoms with Crippen molar-refractivity contribution < 1.29 is 46.5 Å². The molecule has 0 saturated carbocycles. The summed E-state index contributed by atoms with van der Waals surface area (Å²) in [6.45, 7) is 1.22. The van der Waals surface area contributed by atoms with Gasteiger partial charge in [0.05, 0.1) is 41.4 Å². The first-order valence-electron chi connectivity index (χ1n) is 15.8. The average molecular weight is 685 g/mol. The molecule has 4 aliphatic rings. The van der Waals surface area contributed by atoms with E-state index in [4.69, 9.17) is 14.2 Å². The molecule has 2 saturated heterocycles. The van der Waals surface area contributed by atoms with E-state index in [0.717, 1.165) is 17.7 Å². The lowest BCUT2D eigenvalue weighted by atomic mass is 9.67. The number of nitrogens with one attached hydrogen (secondary N) is 1. The van der Waals surface area contributed by atoms with Crippen molar-refractivity contribution in [3.8, 4) is 0 Å². The summed E-state index contributed by atoms with van der Waals surface area (Å²) in [7, 11) is -4.13. The molecule has 0 atom stereocenters. The predicted octanol–water partition coefficient (Wildman–Crippen LogP) is 2.80. The molecule has 4 heterocycles. The van der Waals surface area contributed by atoms with Gasteiger partial charge in [-0.3, -0.25) is 9.59 Å². The smallest absolute Gasteiger partial charge is 0.410 e. The van der Waals surface area contributed by atoms with Gasteiger partial charge >= 0.3 is 6.09 Å². The number of carbonyl (C=O) groups is 3. The lowest BCUT2D eigenvalue weighted by Gasteiger charge is -2.48. The second-order valence-corrected chi connectivity index (χ2v) is 13.9. The van der Waals surface area contributed by atoms with Crippen molar-refractivity contribution >= 4 is 27.9 Å². The first-order chi connectivity index (χ1) is 23.1. The second kappa shape index (κ2) is 13.9. The number of nitrogens with zero attached hydrogens (tertiary/aromatic N) is 3. The Kier molecular flexibility index (Phi) is 9.71. The van der Waals surface area contributed by atoms with Gasteiger partial charge in [0.15, 0.2) is 5.76 Å². The van der Waals surface area contributed by atoms with Crippen LogP contribution in [0.25, 0.3) is 0 Å². The molecule has 2 aromatic carbocycles. The molecule has 0 unspecified atom stereocenters. The zero-order valence-corrected chi connectivity index (χ0v) is 27.0. The highest BCUT2D eigenvalue weighted by atomic mass is 32.2. The van der Waals surface area contributed by atoms with Crippen molar-refractivity contribution in [1.82, 2.24) is 19.4 Å². The fraction of sp³-hybridized carbons (Fsp3) is 0.424. The highest BCUT2D eigenvalue weighted by Crippen LogP contribution is 2.51. The highest BCUT2D eigenvalue weighted by Gasteiger charge is 2.54. The number of aliphatic hydroxyl groups excluding tert-OH is 1. The lowest BCUT2D eigenvalue weighted by molar-refractivity contribution is -0.132. The number of benzene rings is 2. The molecule has 2 N–H and O–H groups in total. The first kappa shape index (κ1) is 33.4. The van der Waals surface area contributed by atoms with E-state index in [9.17, 15) is 32.3 Å². The van der Waals surface area contributed by atoms with Gasteiger partial charge in [0, 0.05) is 39.3 Å². The Bertz CT molecular complexity index is 1730. The number of likely N-dealkylation sites (tertiary alicyclic amines) is 1. The number of hydrogen-bond donors (Lipinski definition) is 2. The van der Waals surface area contributed by atoms with E-state index < -0.39 is 44.9 Å². The fourth-order valence-electron chi connectivity index (χ4n) is 6.62. The molecule has 0 bridgehead atoms. The highest BCUT2D eigenvalue weighted by molar-refractivity contribution is 7.89. The number of ether oxygens (including phenoxy) is 3. The molecule has 48 heavy (non-hydrogen) atoms. The van der Waals surface area contributed by atoms with Crippen molar-refractivity contribution in [2.75, 3.05) is 52.5 Å². The molecule has 0 aromatic heterocycles. The van der Waals surface area contributed by atoms with Gasteiger partial charge in [-0.05, 0) is 42.5 Å². The number of sulfonamides is 1. The maximum absolute atomic E-state index is 14.3. The van der Waals surface area contributed by atoms with Crippen LogP contribution in [0.5, 0.6) is 0 Å². The number of hydrogen-bond acceptors (Lipinski definition) is 9. The number of aliphatic hydroxyl groups is 1. The van der Waals surface area contributed by atoms with Crippen molar-refractivity contribution in [3.05, 3.63) is 88.8 Å². The standard InChI is InChI=1S/C33H37FN4O9S/c34-25-8-7-24(26(19-25)48(43,44)37-14-17-45-18-15-37)20-35-30(40)28-29(39)31(41)38-11-4-16-46-22-27(38)33(28)9-12-36(13-10-33)32(42)47-21-23-5-2-1-3-6-23/h1-3,5-8,19,22,39H,4,9-18,20-21H2,(H,35,40). The van der Waals surface area contributed by atoms with Gasteiger partial charge in [-0.1, -0.05) is 36.4 Å². The number of piperidine rings is 1. The Morgan fingerprint density at radius 3 is 2.46 bits per heavy atom. The van der Waals surface area contributed by atoms with Gasteiger partial charge < -0.3 is 34.4 Å². The van der Waals surface area contributed by atoms with Crippen LogP contribution in [0.1, 0.15) is 30.4 Å².